The Morgan fingerprint density at radius 2 is 2.08 bits per heavy atom. The maximum Gasteiger partial charge on any atom is 0.316 e. The largest absolute Gasteiger partial charge is 0.480 e. The van der Waals surface area contributed by atoms with Crippen molar-refractivity contribution in [3.63, 3.8) is 0 Å². The normalized spacial score (nSPS) is 15.0. The van der Waals surface area contributed by atoms with E-state index in [1.165, 1.54) is 35.3 Å². The number of hydrogen-bond acceptors (Lipinski definition) is 5. The second kappa shape index (κ2) is 6.89. The summed E-state index contributed by atoms with van der Waals surface area (Å²) in [5.74, 6) is -0.932. The molecule has 0 amide bonds. The first kappa shape index (κ1) is 17.3. The number of H-pyrrole nitrogens is 1. The first-order valence-corrected chi connectivity index (χ1v) is 10.3. The summed E-state index contributed by atoms with van der Waals surface area (Å²) in [7, 11) is 0. The molecular formula is C19H18N2O3S2. The van der Waals surface area contributed by atoms with E-state index in [2.05, 4.69) is 28.2 Å². The zero-order chi connectivity index (χ0) is 18.3. The van der Waals surface area contributed by atoms with E-state index in [4.69, 9.17) is 5.11 Å². The van der Waals surface area contributed by atoms with E-state index in [0.29, 0.717) is 15.4 Å². The van der Waals surface area contributed by atoms with Crippen LogP contribution in [0.5, 0.6) is 0 Å². The maximum atomic E-state index is 12.6. The van der Waals surface area contributed by atoms with Gasteiger partial charge in [-0.15, -0.1) is 11.3 Å². The molecule has 1 atom stereocenters. The zero-order valence-corrected chi connectivity index (χ0v) is 15.9. The summed E-state index contributed by atoms with van der Waals surface area (Å²) >= 11 is 2.46. The summed E-state index contributed by atoms with van der Waals surface area (Å²) < 4.78 is 0. The highest BCUT2D eigenvalue weighted by Gasteiger charge is 2.18. The van der Waals surface area contributed by atoms with E-state index in [0.717, 1.165) is 35.7 Å². The number of carboxylic acid groups (broad SMARTS) is 1. The number of aliphatic carboxylic acids is 1. The van der Waals surface area contributed by atoms with Gasteiger partial charge in [0.25, 0.3) is 5.56 Å². The minimum absolute atomic E-state index is 0.218. The number of aromatic amines is 1. The number of aryl methyl sites for hydroxylation is 2. The fourth-order valence-electron chi connectivity index (χ4n) is 3.32. The van der Waals surface area contributed by atoms with Crippen molar-refractivity contribution in [2.75, 3.05) is 0 Å². The van der Waals surface area contributed by atoms with Crippen molar-refractivity contribution in [1.29, 1.82) is 0 Å². The minimum atomic E-state index is -0.932. The summed E-state index contributed by atoms with van der Waals surface area (Å²) in [5.41, 5.74) is 4.51. The highest BCUT2D eigenvalue weighted by atomic mass is 32.2. The number of thiophene rings is 1. The number of rotatable bonds is 4. The Bertz CT molecular complexity index is 1050. The van der Waals surface area contributed by atoms with E-state index in [1.54, 1.807) is 6.92 Å². The lowest BCUT2D eigenvalue weighted by molar-refractivity contribution is -0.136. The van der Waals surface area contributed by atoms with Gasteiger partial charge >= 0.3 is 5.97 Å². The molecule has 4 rings (SSSR count). The topological polar surface area (TPSA) is 83.0 Å². The van der Waals surface area contributed by atoms with Gasteiger partial charge in [0, 0.05) is 10.9 Å². The number of carboxylic acids is 1. The molecule has 3 aromatic rings. The first-order valence-electron chi connectivity index (χ1n) is 8.56. The summed E-state index contributed by atoms with van der Waals surface area (Å²) in [4.78, 5) is 31.5. The van der Waals surface area contributed by atoms with Crippen LogP contribution in [-0.4, -0.2) is 26.3 Å². The molecule has 2 aromatic heterocycles. The van der Waals surface area contributed by atoms with Crippen molar-refractivity contribution in [2.24, 2.45) is 0 Å². The van der Waals surface area contributed by atoms with Crippen LogP contribution >= 0.6 is 23.1 Å². The predicted molar refractivity (Wildman–Crippen MR) is 105 cm³/mol. The molecule has 2 N–H and O–H groups in total. The monoisotopic (exact) mass is 386 g/mol. The van der Waals surface area contributed by atoms with Crippen LogP contribution in [0.15, 0.2) is 33.5 Å². The molecule has 1 aliphatic rings. The average molecular weight is 386 g/mol. The highest BCUT2D eigenvalue weighted by molar-refractivity contribution is 8.00. The van der Waals surface area contributed by atoms with E-state index >= 15 is 0 Å². The van der Waals surface area contributed by atoms with Crippen LogP contribution in [0.4, 0.5) is 0 Å². The van der Waals surface area contributed by atoms with Crippen LogP contribution in [0.3, 0.4) is 0 Å². The maximum absolute atomic E-state index is 12.6. The first-order chi connectivity index (χ1) is 12.5. The summed E-state index contributed by atoms with van der Waals surface area (Å²) in [5, 5.41) is 11.3. The Morgan fingerprint density at radius 1 is 1.31 bits per heavy atom. The van der Waals surface area contributed by atoms with Gasteiger partial charge in [0.15, 0.2) is 5.16 Å². The van der Waals surface area contributed by atoms with Gasteiger partial charge in [-0.2, -0.15) is 0 Å². The van der Waals surface area contributed by atoms with Crippen molar-refractivity contribution >= 4 is 39.3 Å². The number of fused-ring (bicyclic) bond motifs is 2. The Kier molecular flexibility index (Phi) is 4.58. The molecule has 2 heterocycles. The van der Waals surface area contributed by atoms with Crippen molar-refractivity contribution in [3.05, 3.63) is 45.1 Å². The molecule has 0 spiro atoms. The summed E-state index contributed by atoms with van der Waals surface area (Å²) in [6.07, 6.45) is 4.68. The fraction of sp³-hybridized carbons (Fsp3) is 0.316. The number of thioether (sulfide) groups is 1. The minimum Gasteiger partial charge on any atom is -0.480 e. The Hall–Kier alpha value is -2.12. The standard InChI is InChI=1S/C19H18N2O3S2/c1-10(18(23)24)26-19-20-16(22)15-14(9-25-17(15)21-19)13-7-6-11-4-2-3-5-12(11)8-13/h6-10H,2-5H2,1H3,(H,23,24)(H,20,21,22). The van der Waals surface area contributed by atoms with Crippen LogP contribution in [-0.2, 0) is 17.6 Å². The molecule has 26 heavy (non-hydrogen) atoms. The molecule has 7 heteroatoms. The average Bonchev–Trinajstić information content (AvgIpc) is 3.05. The Balaban J connectivity index is 1.76. The SMILES string of the molecule is CC(Sc1nc2scc(-c3ccc4c(c3)CCCC4)c2c(=O)[nH]1)C(=O)O. The molecular weight excluding hydrogens is 368 g/mol. The van der Waals surface area contributed by atoms with Crippen molar-refractivity contribution in [1.82, 2.24) is 9.97 Å². The second-order valence-corrected chi connectivity index (χ2v) is 8.68. The Morgan fingerprint density at radius 3 is 2.85 bits per heavy atom. The number of benzene rings is 1. The van der Waals surface area contributed by atoms with Crippen molar-refractivity contribution < 1.29 is 9.90 Å². The van der Waals surface area contributed by atoms with Gasteiger partial charge in [-0.25, -0.2) is 4.98 Å². The summed E-state index contributed by atoms with van der Waals surface area (Å²) in [6, 6.07) is 6.46. The Labute approximate surface area is 158 Å². The molecule has 1 unspecified atom stereocenters. The lowest BCUT2D eigenvalue weighted by Crippen LogP contribution is -2.14. The molecule has 0 saturated heterocycles. The highest BCUT2D eigenvalue weighted by Crippen LogP contribution is 2.34. The lowest BCUT2D eigenvalue weighted by Gasteiger charge is -2.16. The molecule has 5 nitrogen and oxygen atoms in total. The van der Waals surface area contributed by atoms with Crippen LogP contribution in [0.2, 0.25) is 0 Å². The van der Waals surface area contributed by atoms with Crippen LogP contribution in [0.25, 0.3) is 21.3 Å². The smallest absolute Gasteiger partial charge is 0.316 e. The molecule has 0 aliphatic heterocycles. The third-order valence-electron chi connectivity index (χ3n) is 4.72. The fourth-order valence-corrected chi connectivity index (χ4v) is 5.05. The van der Waals surface area contributed by atoms with Gasteiger partial charge in [0.05, 0.1) is 5.39 Å². The van der Waals surface area contributed by atoms with Crippen LogP contribution in [0, 0.1) is 0 Å². The molecule has 0 fully saturated rings. The zero-order valence-electron chi connectivity index (χ0n) is 14.2. The van der Waals surface area contributed by atoms with Gasteiger partial charge in [0.2, 0.25) is 0 Å². The molecule has 0 saturated carbocycles. The molecule has 1 aromatic carbocycles. The van der Waals surface area contributed by atoms with Crippen LogP contribution < -0.4 is 5.56 Å². The number of carbonyl (C=O) groups is 1. The van der Waals surface area contributed by atoms with Gasteiger partial charge in [0.1, 0.15) is 10.1 Å². The van der Waals surface area contributed by atoms with Gasteiger partial charge in [-0.05, 0) is 49.3 Å². The number of nitrogens with zero attached hydrogens (tertiary/aromatic N) is 1. The number of hydrogen-bond donors (Lipinski definition) is 2. The van der Waals surface area contributed by atoms with Gasteiger partial charge < -0.3 is 10.1 Å². The van der Waals surface area contributed by atoms with Gasteiger partial charge in [-0.1, -0.05) is 30.0 Å². The van der Waals surface area contributed by atoms with E-state index in [9.17, 15) is 9.59 Å². The van der Waals surface area contributed by atoms with Gasteiger partial charge in [-0.3, -0.25) is 9.59 Å². The number of nitrogens with one attached hydrogen (secondary N) is 1. The lowest BCUT2D eigenvalue weighted by atomic mass is 9.89. The second-order valence-electron chi connectivity index (χ2n) is 6.49. The number of aromatic nitrogens is 2. The third kappa shape index (κ3) is 3.17. The third-order valence-corrected chi connectivity index (χ3v) is 6.56. The molecule has 134 valence electrons. The van der Waals surface area contributed by atoms with E-state index < -0.39 is 11.2 Å². The van der Waals surface area contributed by atoms with E-state index in [1.807, 2.05) is 5.38 Å². The van der Waals surface area contributed by atoms with Crippen molar-refractivity contribution in [2.45, 2.75) is 43.0 Å². The molecule has 0 bridgehead atoms. The predicted octanol–water partition coefficient (Wildman–Crippen LogP) is 4.10. The molecule has 0 radical (unpaired) electrons. The summed E-state index contributed by atoms with van der Waals surface area (Å²) in [6.45, 7) is 1.57. The van der Waals surface area contributed by atoms with E-state index in [-0.39, 0.29) is 5.56 Å². The van der Waals surface area contributed by atoms with Crippen LogP contribution in [0.1, 0.15) is 30.9 Å². The van der Waals surface area contributed by atoms with Crippen molar-refractivity contribution in [3.8, 4) is 11.1 Å². The molecule has 1 aliphatic carbocycles. The quantitative estimate of drug-likeness (QED) is 0.521.